The summed E-state index contributed by atoms with van der Waals surface area (Å²) in [5.41, 5.74) is 1.56. The van der Waals surface area contributed by atoms with Crippen LogP contribution in [0.4, 0.5) is 0 Å². The summed E-state index contributed by atoms with van der Waals surface area (Å²) in [5, 5.41) is 11.7. The van der Waals surface area contributed by atoms with Crippen molar-refractivity contribution in [2.45, 2.75) is 13.8 Å². The zero-order chi connectivity index (χ0) is 20.3. The lowest BCUT2D eigenvalue weighted by molar-refractivity contribution is -0.116. The minimum atomic E-state index is -0.599. The zero-order valence-corrected chi connectivity index (χ0v) is 15.7. The van der Waals surface area contributed by atoms with Crippen LogP contribution in [-0.2, 0) is 4.79 Å². The van der Waals surface area contributed by atoms with Crippen LogP contribution in [0.1, 0.15) is 16.7 Å². The summed E-state index contributed by atoms with van der Waals surface area (Å²) >= 11 is 0. The number of hydrogen-bond donors (Lipinski definition) is 1. The molecule has 140 valence electrons. The number of likely N-dealkylation sites (N-methyl/N-ethyl adjacent to an activating group) is 1. The molecule has 3 rings (SSSR count). The predicted octanol–water partition coefficient (Wildman–Crippen LogP) is 2.76. The quantitative estimate of drug-likeness (QED) is 0.559. The van der Waals surface area contributed by atoms with Crippen LogP contribution in [0.25, 0.3) is 11.7 Å². The Hall–Kier alpha value is -3.92. The zero-order valence-electron chi connectivity index (χ0n) is 15.7. The molecule has 0 saturated carbocycles. The van der Waals surface area contributed by atoms with E-state index in [4.69, 9.17) is 4.74 Å². The fourth-order valence-corrected chi connectivity index (χ4v) is 2.71. The van der Waals surface area contributed by atoms with E-state index >= 15 is 0 Å². The number of aryl methyl sites for hydroxylation is 2. The van der Waals surface area contributed by atoms with Gasteiger partial charge in [-0.1, -0.05) is 18.2 Å². The molecule has 0 saturated heterocycles. The highest BCUT2D eigenvalue weighted by Gasteiger charge is 2.17. The lowest BCUT2D eigenvalue weighted by Crippen LogP contribution is -2.22. The van der Waals surface area contributed by atoms with Crippen molar-refractivity contribution in [3.05, 3.63) is 75.2 Å². The Bertz CT molecular complexity index is 1200. The van der Waals surface area contributed by atoms with E-state index < -0.39 is 11.5 Å². The molecule has 28 heavy (non-hydrogen) atoms. The van der Waals surface area contributed by atoms with Crippen LogP contribution >= 0.6 is 0 Å². The lowest BCUT2D eigenvalue weighted by Gasteiger charge is -2.11. The van der Waals surface area contributed by atoms with Crippen molar-refractivity contribution in [3.8, 4) is 17.7 Å². The molecule has 7 nitrogen and oxygen atoms in total. The number of carbonyl (C=O) groups is 1. The molecular formula is C21H18N4O3. The molecule has 0 fully saturated rings. The topological polar surface area (TPSA) is 96.5 Å². The standard InChI is InChI=1S/C21H18N4O3/c1-13-6-4-8-16(10-13)28-20-17(11-15(12-22)19(26)23-3)21(27)25-9-5-7-14(2)18(25)24-20/h4-11H,1-3H3,(H,23,26). The second-order valence-corrected chi connectivity index (χ2v) is 6.19. The Balaban J connectivity index is 2.29. The van der Waals surface area contributed by atoms with Crippen LogP contribution in [0, 0.1) is 25.2 Å². The highest BCUT2D eigenvalue weighted by molar-refractivity contribution is 6.01. The van der Waals surface area contributed by atoms with Gasteiger partial charge in [0.25, 0.3) is 11.5 Å². The second-order valence-electron chi connectivity index (χ2n) is 6.19. The Morgan fingerprint density at radius 3 is 2.75 bits per heavy atom. The minimum absolute atomic E-state index is 0.0183. The van der Waals surface area contributed by atoms with E-state index in [1.54, 1.807) is 30.5 Å². The van der Waals surface area contributed by atoms with Gasteiger partial charge in [-0.3, -0.25) is 14.0 Å². The fraction of sp³-hybridized carbons (Fsp3) is 0.143. The van der Waals surface area contributed by atoms with E-state index in [2.05, 4.69) is 10.3 Å². The number of nitrogens with one attached hydrogen (secondary N) is 1. The Morgan fingerprint density at radius 1 is 1.29 bits per heavy atom. The van der Waals surface area contributed by atoms with Crippen molar-refractivity contribution in [2.24, 2.45) is 0 Å². The number of ether oxygens (including phenoxy) is 1. The number of hydrogen-bond acceptors (Lipinski definition) is 5. The average Bonchev–Trinajstić information content (AvgIpc) is 2.68. The summed E-state index contributed by atoms with van der Waals surface area (Å²) in [4.78, 5) is 29.5. The smallest absolute Gasteiger partial charge is 0.269 e. The third-order valence-corrected chi connectivity index (χ3v) is 4.13. The van der Waals surface area contributed by atoms with Crippen molar-refractivity contribution in [2.75, 3.05) is 7.05 Å². The van der Waals surface area contributed by atoms with Gasteiger partial charge in [-0.2, -0.15) is 10.2 Å². The molecule has 0 atom stereocenters. The maximum absolute atomic E-state index is 13.1. The number of carbonyl (C=O) groups excluding carboxylic acids is 1. The normalized spacial score (nSPS) is 11.1. The van der Waals surface area contributed by atoms with E-state index in [9.17, 15) is 14.9 Å². The fourth-order valence-electron chi connectivity index (χ4n) is 2.71. The minimum Gasteiger partial charge on any atom is -0.438 e. The van der Waals surface area contributed by atoms with Gasteiger partial charge in [-0.05, 0) is 49.2 Å². The first-order valence-electron chi connectivity index (χ1n) is 8.55. The Labute approximate surface area is 161 Å². The van der Waals surface area contributed by atoms with Gasteiger partial charge in [0.1, 0.15) is 28.6 Å². The van der Waals surface area contributed by atoms with Gasteiger partial charge >= 0.3 is 0 Å². The molecule has 0 aliphatic carbocycles. The third-order valence-electron chi connectivity index (χ3n) is 4.13. The van der Waals surface area contributed by atoms with Gasteiger partial charge in [-0.25, -0.2) is 0 Å². The molecule has 2 heterocycles. The second kappa shape index (κ2) is 7.76. The van der Waals surface area contributed by atoms with Crippen molar-refractivity contribution in [1.29, 1.82) is 5.26 Å². The number of benzene rings is 1. The molecular weight excluding hydrogens is 356 g/mol. The van der Waals surface area contributed by atoms with Crippen molar-refractivity contribution in [3.63, 3.8) is 0 Å². The molecule has 3 aromatic rings. The van der Waals surface area contributed by atoms with Crippen LogP contribution in [0.2, 0.25) is 0 Å². The maximum Gasteiger partial charge on any atom is 0.269 e. The van der Waals surface area contributed by atoms with Crippen LogP contribution in [0.15, 0.2) is 53.0 Å². The van der Waals surface area contributed by atoms with Crippen LogP contribution in [0.3, 0.4) is 0 Å². The van der Waals surface area contributed by atoms with Crippen molar-refractivity contribution in [1.82, 2.24) is 14.7 Å². The van der Waals surface area contributed by atoms with Crippen LogP contribution < -0.4 is 15.6 Å². The number of rotatable bonds is 4. The molecule has 0 unspecified atom stereocenters. The SMILES string of the molecule is CNC(=O)C(C#N)=Cc1c(Oc2cccc(C)c2)nc2c(C)cccn2c1=O. The lowest BCUT2D eigenvalue weighted by atomic mass is 10.1. The first-order valence-corrected chi connectivity index (χ1v) is 8.55. The largest absolute Gasteiger partial charge is 0.438 e. The number of nitriles is 1. The number of fused-ring (bicyclic) bond motifs is 1. The molecule has 1 aromatic carbocycles. The molecule has 0 bridgehead atoms. The monoisotopic (exact) mass is 374 g/mol. The molecule has 0 radical (unpaired) electrons. The third kappa shape index (κ3) is 3.62. The average molecular weight is 374 g/mol. The summed E-state index contributed by atoms with van der Waals surface area (Å²) in [6.07, 6.45) is 2.78. The molecule has 0 aliphatic rings. The first-order chi connectivity index (χ1) is 13.4. The van der Waals surface area contributed by atoms with Gasteiger partial charge in [0, 0.05) is 13.2 Å². The van der Waals surface area contributed by atoms with E-state index in [-0.39, 0.29) is 17.0 Å². The maximum atomic E-state index is 13.1. The van der Waals surface area contributed by atoms with Crippen molar-refractivity contribution >= 4 is 17.6 Å². The van der Waals surface area contributed by atoms with E-state index in [1.807, 2.05) is 32.0 Å². The predicted molar refractivity (Wildman–Crippen MR) is 105 cm³/mol. The molecule has 0 aliphatic heterocycles. The number of amides is 1. The molecule has 1 N–H and O–H groups in total. The van der Waals surface area contributed by atoms with Crippen LogP contribution in [-0.4, -0.2) is 22.3 Å². The molecule has 1 amide bonds. The van der Waals surface area contributed by atoms with Gasteiger partial charge in [0.05, 0.1) is 0 Å². The summed E-state index contributed by atoms with van der Waals surface area (Å²) < 4.78 is 7.25. The van der Waals surface area contributed by atoms with Gasteiger partial charge in [0.2, 0.25) is 5.88 Å². The van der Waals surface area contributed by atoms with E-state index in [0.717, 1.165) is 11.1 Å². The number of nitrogens with zero attached hydrogens (tertiary/aromatic N) is 3. The molecule has 2 aromatic heterocycles. The summed E-state index contributed by atoms with van der Waals surface area (Å²) in [6, 6.07) is 12.7. The van der Waals surface area contributed by atoms with Crippen molar-refractivity contribution < 1.29 is 9.53 Å². The Morgan fingerprint density at radius 2 is 2.07 bits per heavy atom. The number of aromatic nitrogens is 2. The van der Waals surface area contributed by atoms with E-state index in [0.29, 0.717) is 11.4 Å². The van der Waals surface area contributed by atoms with Gasteiger partial charge in [-0.15, -0.1) is 0 Å². The summed E-state index contributed by atoms with van der Waals surface area (Å²) in [6.45, 7) is 3.75. The van der Waals surface area contributed by atoms with Gasteiger partial charge in [0.15, 0.2) is 0 Å². The highest BCUT2D eigenvalue weighted by atomic mass is 16.5. The summed E-state index contributed by atoms with van der Waals surface area (Å²) in [7, 11) is 1.41. The Kier molecular flexibility index (Phi) is 5.23. The number of pyridine rings is 1. The summed E-state index contributed by atoms with van der Waals surface area (Å²) in [5.74, 6) is -0.0720. The first kappa shape index (κ1) is 18.9. The van der Waals surface area contributed by atoms with E-state index in [1.165, 1.54) is 17.5 Å². The highest BCUT2D eigenvalue weighted by Crippen LogP contribution is 2.25. The molecule has 7 heteroatoms. The molecule has 0 spiro atoms. The van der Waals surface area contributed by atoms with Crippen LogP contribution in [0.5, 0.6) is 11.6 Å². The van der Waals surface area contributed by atoms with Gasteiger partial charge < -0.3 is 10.1 Å².